The molecule has 0 aliphatic rings. The predicted octanol–water partition coefficient (Wildman–Crippen LogP) is 1.07. The zero-order valence-corrected chi connectivity index (χ0v) is 12.6. The number of carbonyl (C=O) groups is 1. The lowest BCUT2D eigenvalue weighted by atomic mass is 10.3. The quantitative estimate of drug-likeness (QED) is 0.799. The molecule has 0 aliphatic heterocycles. The fourth-order valence-electron chi connectivity index (χ4n) is 1.92. The van der Waals surface area contributed by atoms with Crippen molar-refractivity contribution in [1.82, 2.24) is 9.88 Å². The Morgan fingerprint density at radius 1 is 1.33 bits per heavy atom. The Labute approximate surface area is 126 Å². The van der Waals surface area contributed by atoms with Crippen molar-refractivity contribution in [2.75, 3.05) is 26.3 Å². The number of hydrogen-bond acceptors (Lipinski definition) is 6. The molecule has 0 atom stereocenters. The van der Waals surface area contributed by atoms with E-state index in [2.05, 4.69) is 4.98 Å². The van der Waals surface area contributed by atoms with Crippen molar-refractivity contribution >= 4 is 17.2 Å². The second kappa shape index (κ2) is 7.35. The Kier molecular flexibility index (Phi) is 5.49. The number of aryl methyl sites for hydroxylation is 1. The summed E-state index contributed by atoms with van der Waals surface area (Å²) in [6.45, 7) is 2.05. The molecule has 0 radical (unpaired) electrons. The zero-order valence-electron chi connectivity index (χ0n) is 11.8. The van der Waals surface area contributed by atoms with E-state index in [1.807, 2.05) is 24.4 Å². The first-order chi connectivity index (χ1) is 10.1. The Morgan fingerprint density at radius 3 is 2.62 bits per heavy atom. The number of hydrogen-bond donors (Lipinski definition) is 2. The fourth-order valence-corrected chi connectivity index (χ4v) is 2.70. The van der Waals surface area contributed by atoms with Gasteiger partial charge in [-0.15, -0.1) is 11.3 Å². The summed E-state index contributed by atoms with van der Waals surface area (Å²) >= 11 is 1.42. The second-order valence-corrected chi connectivity index (χ2v) is 5.42. The van der Waals surface area contributed by atoms with Crippen LogP contribution < -0.4 is 0 Å². The van der Waals surface area contributed by atoms with Gasteiger partial charge in [0, 0.05) is 18.5 Å². The van der Waals surface area contributed by atoms with Crippen molar-refractivity contribution in [2.24, 2.45) is 0 Å². The molecule has 2 rings (SSSR count). The molecule has 2 aromatic heterocycles. The molecule has 0 saturated carbocycles. The number of aliphatic hydroxyl groups excluding tert-OH is 2. The lowest BCUT2D eigenvalue weighted by Gasteiger charge is -2.20. The minimum absolute atomic E-state index is 0.125. The second-order valence-electron chi connectivity index (χ2n) is 4.56. The van der Waals surface area contributed by atoms with Gasteiger partial charge in [-0.1, -0.05) is 0 Å². The van der Waals surface area contributed by atoms with Crippen LogP contribution >= 0.6 is 11.3 Å². The SMILES string of the molecule is Cc1ccc(-c2nc(CC(=O)N(CCO)CCO)cs2)o1. The molecule has 2 aromatic rings. The van der Waals surface area contributed by atoms with Gasteiger partial charge >= 0.3 is 0 Å². The van der Waals surface area contributed by atoms with Crippen LogP contribution in [-0.2, 0) is 11.2 Å². The molecule has 21 heavy (non-hydrogen) atoms. The van der Waals surface area contributed by atoms with Gasteiger partial charge in [-0.05, 0) is 19.1 Å². The highest BCUT2D eigenvalue weighted by atomic mass is 32.1. The molecule has 2 N–H and O–H groups in total. The number of aliphatic hydroxyl groups is 2. The summed E-state index contributed by atoms with van der Waals surface area (Å²) in [6, 6.07) is 3.72. The molecule has 1 amide bonds. The van der Waals surface area contributed by atoms with Crippen LogP contribution in [0.4, 0.5) is 0 Å². The summed E-state index contributed by atoms with van der Waals surface area (Å²) in [4.78, 5) is 17.9. The molecule has 0 bridgehead atoms. The average molecular weight is 310 g/mol. The first-order valence-corrected chi connectivity index (χ1v) is 7.52. The smallest absolute Gasteiger partial charge is 0.228 e. The highest BCUT2D eigenvalue weighted by Gasteiger charge is 2.16. The van der Waals surface area contributed by atoms with E-state index < -0.39 is 0 Å². The van der Waals surface area contributed by atoms with Gasteiger partial charge in [-0.3, -0.25) is 4.79 Å². The van der Waals surface area contributed by atoms with E-state index in [1.54, 1.807) is 0 Å². The lowest BCUT2D eigenvalue weighted by Crippen LogP contribution is -2.36. The molecule has 0 saturated heterocycles. The third kappa shape index (κ3) is 4.13. The van der Waals surface area contributed by atoms with Gasteiger partial charge in [0.05, 0.1) is 25.3 Å². The number of aromatic nitrogens is 1. The van der Waals surface area contributed by atoms with Gasteiger partial charge in [0.15, 0.2) is 10.8 Å². The highest BCUT2D eigenvalue weighted by molar-refractivity contribution is 7.13. The number of rotatable bonds is 7. The Balaban J connectivity index is 2.03. The normalized spacial score (nSPS) is 10.8. The monoisotopic (exact) mass is 310 g/mol. The van der Waals surface area contributed by atoms with Gasteiger partial charge in [0.1, 0.15) is 5.76 Å². The van der Waals surface area contributed by atoms with Gasteiger partial charge in [0.25, 0.3) is 0 Å². The van der Waals surface area contributed by atoms with Crippen molar-refractivity contribution in [3.8, 4) is 10.8 Å². The van der Waals surface area contributed by atoms with Crippen molar-refractivity contribution < 1.29 is 19.4 Å². The molecule has 0 aromatic carbocycles. The van der Waals surface area contributed by atoms with Crippen LogP contribution in [0.5, 0.6) is 0 Å². The van der Waals surface area contributed by atoms with Crippen LogP contribution in [0.25, 0.3) is 10.8 Å². The summed E-state index contributed by atoms with van der Waals surface area (Å²) in [7, 11) is 0. The molecule has 0 aliphatic carbocycles. The van der Waals surface area contributed by atoms with E-state index in [4.69, 9.17) is 14.6 Å². The first kappa shape index (κ1) is 15.7. The van der Waals surface area contributed by atoms with Crippen LogP contribution in [0.3, 0.4) is 0 Å². The van der Waals surface area contributed by atoms with Gasteiger partial charge < -0.3 is 19.5 Å². The molecular formula is C14H18N2O4S. The van der Waals surface area contributed by atoms with Gasteiger partial charge in [-0.25, -0.2) is 4.98 Å². The van der Waals surface area contributed by atoms with Gasteiger partial charge in [0.2, 0.25) is 5.91 Å². The summed E-state index contributed by atoms with van der Waals surface area (Å²) in [5.74, 6) is 1.35. The van der Waals surface area contributed by atoms with E-state index >= 15 is 0 Å². The minimum Gasteiger partial charge on any atom is -0.459 e. The van der Waals surface area contributed by atoms with Crippen LogP contribution in [-0.4, -0.2) is 52.3 Å². The Hall–Kier alpha value is -1.70. The molecule has 114 valence electrons. The molecule has 7 heteroatoms. The summed E-state index contributed by atoms with van der Waals surface area (Å²) in [5, 5.41) is 20.4. The van der Waals surface area contributed by atoms with E-state index in [0.717, 1.165) is 10.8 Å². The van der Waals surface area contributed by atoms with E-state index in [0.29, 0.717) is 11.5 Å². The molecule has 2 heterocycles. The summed E-state index contributed by atoms with van der Waals surface area (Å²) in [6.07, 6.45) is 0.149. The molecule has 0 unspecified atom stereocenters. The van der Waals surface area contributed by atoms with Crippen molar-refractivity contribution in [3.05, 3.63) is 29.0 Å². The standard InChI is InChI=1S/C14H18N2O4S/c1-10-2-3-12(20-10)14-15-11(9-21-14)8-13(19)16(4-6-17)5-7-18/h2-3,9,17-18H,4-8H2,1H3. The largest absolute Gasteiger partial charge is 0.459 e. The Morgan fingerprint density at radius 2 is 2.05 bits per heavy atom. The minimum atomic E-state index is -0.162. The van der Waals surface area contributed by atoms with Crippen LogP contribution in [0.2, 0.25) is 0 Å². The molecule has 6 nitrogen and oxygen atoms in total. The van der Waals surface area contributed by atoms with Crippen molar-refractivity contribution in [1.29, 1.82) is 0 Å². The van der Waals surface area contributed by atoms with Crippen LogP contribution in [0.1, 0.15) is 11.5 Å². The Bertz CT molecular complexity index is 587. The number of amides is 1. The van der Waals surface area contributed by atoms with E-state index in [-0.39, 0.29) is 38.6 Å². The summed E-state index contributed by atoms with van der Waals surface area (Å²) < 4.78 is 5.50. The number of furan rings is 1. The van der Waals surface area contributed by atoms with Crippen molar-refractivity contribution in [3.63, 3.8) is 0 Å². The summed E-state index contributed by atoms with van der Waals surface area (Å²) in [5.41, 5.74) is 0.662. The predicted molar refractivity (Wildman–Crippen MR) is 79.0 cm³/mol. The van der Waals surface area contributed by atoms with Crippen LogP contribution in [0, 0.1) is 6.92 Å². The molecular weight excluding hydrogens is 292 g/mol. The maximum absolute atomic E-state index is 12.1. The maximum atomic E-state index is 12.1. The molecule has 0 spiro atoms. The highest BCUT2D eigenvalue weighted by Crippen LogP contribution is 2.25. The van der Waals surface area contributed by atoms with Crippen LogP contribution in [0.15, 0.2) is 21.9 Å². The fraction of sp³-hybridized carbons (Fsp3) is 0.429. The first-order valence-electron chi connectivity index (χ1n) is 6.64. The third-order valence-corrected chi connectivity index (χ3v) is 3.83. The van der Waals surface area contributed by atoms with E-state index in [9.17, 15) is 4.79 Å². The molecule has 0 fully saturated rings. The third-order valence-electron chi connectivity index (χ3n) is 2.93. The van der Waals surface area contributed by atoms with Gasteiger partial charge in [-0.2, -0.15) is 0 Å². The zero-order chi connectivity index (χ0) is 15.2. The lowest BCUT2D eigenvalue weighted by molar-refractivity contribution is -0.131. The number of carbonyl (C=O) groups excluding carboxylic acids is 1. The maximum Gasteiger partial charge on any atom is 0.228 e. The number of nitrogens with zero attached hydrogens (tertiary/aromatic N) is 2. The van der Waals surface area contributed by atoms with E-state index in [1.165, 1.54) is 16.2 Å². The topological polar surface area (TPSA) is 86.8 Å². The van der Waals surface area contributed by atoms with Crippen molar-refractivity contribution in [2.45, 2.75) is 13.3 Å². The average Bonchev–Trinajstić information content (AvgIpc) is 3.07. The number of thiazole rings is 1.